The molecule has 0 aromatic rings. The lowest BCUT2D eigenvalue weighted by atomic mass is 10.1. The minimum Gasteiger partial charge on any atom is -0.434 e. The molecule has 96 valence electrons. The second-order valence-corrected chi connectivity index (χ2v) is 4.73. The zero-order valence-electron chi connectivity index (χ0n) is 11.1. The molecule has 0 aromatic heterocycles. The quantitative estimate of drug-likeness (QED) is 0.464. The molecule has 0 aliphatic rings. The number of carbonyl (C=O) groups is 1. The van der Waals surface area contributed by atoms with Crippen LogP contribution in [-0.2, 0) is 9.47 Å². The van der Waals surface area contributed by atoms with Gasteiger partial charge in [-0.1, -0.05) is 40.0 Å². The van der Waals surface area contributed by atoms with Crippen LogP contribution in [0.3, 0.4) is 0 Å². The Morgan fingerprint density at radius 3 is 2.38 bits per heavy atom. The molecular weight excluding hydrogens is 204 g/mol. The van der Waals surface area contributed by atoms with E-state index in [1.165, 1.54) is 19.3 Å². The summed E-state index contributed by atoms with van der Waals surface area (Å²) in [5.74, 6) is 0.354. The summed E-state index contributed by atoms with van der Waals surface area (Å²) in [6, 6.07) is 0. The number of carbonyl (C=O) groups excluding carboxylic acids is 1. The molecule has 3 heteroatoms. The fraction of sp³-hybridized carbons (Fsp3) is 0.923. The lowest BCUT2D eigenvalue weighted by Crippen LogP contribution is -2.18. The molecule has 16 heavy (non-hydrogen) atoms. The van der Waals surface area contributed by atoms with Gasteiger partial charge in [-0.2, -0.15) is 0 Å². The van der Waals surface area contributed by atoms with E-state index >= 15 is 0 Å². The molecule has 1 unspecified atom stereocenters. The smallest absolute Gasteiger partial charge is 0.434 e. The Morgan fingerprint density at radius 2 is 1.81 bits per heavy atom. The summed E-state index contributed by atoms with van der Waals surface area (Å²) in [5, 5.41) is 0. The average molecular weight is 230 g/mol. The first-order chi connectivity index (χ1) is 7.56. The Labute approximate surface area is 99.5 Å². The molecule has 1 atom stereocenters. The van der Waals surface area contributed by atoms with E-state index < -0.39 is 6.16 Å². The SMILES string of the molecule is CCCCCCC(C)OC(=O)OCC(C)C. The first-order valence-corrected chi connectivity index (χ1v) is 6.39. The van der Waals surface area contributed by atoms with Crippen LogP contribution in [0.5, 0.6) is 0 Å². The molecule has 0 saturated carbocycles. The Hall–Kier alpha value is -0.730. The molecule has 0 aliphatic heterocycles. The minimum absolute atomic E-state index is 0.0310. The van der Waals surface area contributed by atoms with Crippen LogP contribution in [0, 0.1) is 5.92 Å². The minimum atomic E-state index is -0.531. The van der Waals surface area contributed by atoms with Gasteiger partial charge in [0.2, 0.25) is 0 Å². The molecule has 0 rings (SSSR count). The number of hydrogen-bond acceptors (Lipinski definition) is 3. The van der Waals surface area contributed by atoms with Crippen LogP contribution >= 0.6 is 0 Å². The molecule has 0 spiro atoms. The van der Waals surface area contributed by atoms with E-state index in [9.17, 15) is 4.79 Å². The molecule has 0 aromatic carbocycles. The molecular formula is C13H26O3. The van der Waals surface area contributed by atoms with Gasteiger partial charge in [-0.3, -0.25) is 0 Å². The third kappa shape index (κ3) is 9.81. The highest BCUT2D eigenvalue weighted by Gasteiger charge is 2.10. The zero-order valence-corrected chi connectivity index (χ0v) is 11.1. The standard InChI is InChI=1S/C13H26O3/c1-5-6-7-8-9-12(4)16-13(14)15-10-11(2)3/h11-12H,5-10H2,1-4H3. The summed E-state index contributed by atoms with van der Waals surface area (Å²) in [5.41, 5.74) is 0. The Morgan fingerprint density at radius 1 is 1.12 bits per heavy atom. The number of unbranched alkanes of at least 4 members (excludes halogenated alkanes) is 3. The van der Waals surface area contributed by atoms with Gasteiger partial charge in [-0.05, 0) is 25.7 Å². The Kier molecular flexibility index (Phi) is 9.06. The third-order valence-corrected chi connectivity index (χ3v) is 2.30. The summed E-state index contributed by atoms with van der Waals surface area (Å²) in [6.45, 7) is 8.54. The molecule has 0 saturated heterocycles. The fourth-order valence-electron chi connectivity index (χ4n) is 1.35. The summed E-state index contributed by atoms with van der Waals surface area (Å²) in [6.07, 6.45) is 5.18. The number of rotatable bonds is 8. The summed E-state index contributed by atoms with van der Waals surface area (Å²) < 4.78 is 10.1. The van der Waals surface area contributed by atoms with Gasteiger partial charge in [0.15, 0.2) is 0 Å². The van der Waals surface area contributed by atoms with Gasteiger partial charge in [-0.15, -0.1) is 0 Å². The van der Waals surface area contributed by atoms with Crippen molar-refractivity contribution in [2.45, 2.75) is 65.9 Å². The maximum Gasteiger partial charge on any atom is 0.508 e. The van der Waals surface area contributed by atoms with E-state index in [1.807, 2.05) is 20.8 Å². The van der Waals surface area contributed by atoms with Crippen LogP contribution in [0.1, 0.15) is 59.8 Å². The van der Waals surface area contributed by atoms with Crippen LogP contribution < -0.4 is 0 Å². The van der Waals surface area contributed by atoms with Crippen molar-refractivity contribution >= 4 is 6.16 Å². The van der Waals surface area contributed by atoms with E-state index in [4.69, 9.17) is 9.47 Å². The van der Waals surface area contributed by atoms with Gasteiger partial charge in [0.05, 0.1) is 6.61 Å². The van der Waals surface area contributed by atoms with Gasteiger partial charge in [0.25, 0.3) is 0 Å². The van der Waals surface area contributed by atoms with E-state index in [-0.39, 0.29) is 6.10 Å². The lowest BCUT2D eigenvalue weighted by molar-refractivity contribution is 0.0201. The van der Waals surface area contributed by atoms with Crippen LogP contribution in [0.15, 0.2) is 0 Å². The first kappa shape index (κ1) is 15.3. The molecule has 0 aliphatic carbocycles. The molecule has 0 fully saturated rings. The van der Waals surface area contributed by atoms with Gasteiger partial charge in [-0.25, -0.2) is 4.79 Å². The van der Waals surface area contributed by atoms with E-state index in [0.717, 1.165) is 12.8 Å². The highest BCUT2D eigenvalue weighted by atomic mass is 16.7. The summed E-state index contributed by atoms with van der Waals surface area (Å²) in [7, 11) is 0. The predicted molar refractivity (Wildman–Crippen MR) is 65.5 cm³/mol. The lowest BCUT2D eigenvalue weighted by Gasteiger charge is -2.13. The summed E-state index contributed by atoms with van der Waals surface area (Å²) in [4.78, 5) is 11.2. The van der Waals surface area contributed by atoms with E-state index in [1.54, 1.807) is 0 Å². The van der Waals surface area contributed by atoms with Crippen molar-refractivity contribution < 1.29 is 14.3 Å². The highest BCUT2D eigenvalue weighted by Crippen LogP contribution is 2.08. The van der Waals surface area contributed by atoms with Crippen LogP contribution in [0.25, 0.3) is 0 Å². The fourth-order valence-corrected chi connectivity index (χ4v) is 1.35. The van der Waals surface area contributed by atoms with Crippen molar-refractivity contribution in [3.8, 4) is 0 Å². The summed E-state index contributed by atoms with van der Waals surface area (Å²) >= 11 is 0. The second-order valence-electron chi connectivity index (χ2n) is 4.73. The van der Waals surface area contributed by atoms with Crippen molar-refractivity contribution in [3.05, 3.63) is 0 Å². The molecule has 0 amide bonds. The van der Waals surface area contributed by atoms with Crippen molar-refractivity contribution in [3.63, 3.8) is 0 Å². The van der Waals surface area contributed by atoms with Gasteiger partial charge in [0.1, 0.15) is 6.10 Å². The third-order valence-electron chi connectivity index (χ3n) is 2.30. The molecule has 0 N–H and O–H groups in total. The van der Waals surface area contributed by atoms with Gasteiger partial charge >= 0.3 is 6.16 Å². The topological polar surface area (TPSA) is 35.5 Å². The van der Waals surface area contributed by atoms with Gasteiger partial charge < -0.3 is 9.47 Å². The van der Waals surface area contributed by atoms with Crippen LogP contribution in [0.2, 0.25) is 0 Å². The molecule has 0 bridgehead atoms. The van der Waals surface area contributed by atoms with Gasteiger partial charge in [0, 0.05) is 0 Å². The normalized spacial score (nSPS) is 12.6. The molecule has 0 heterocycles. The number of ether oxygens (including phenoxy) is 2. The first-order valence-electron chi connectivity index (χ1n) is 6.39. The van der Waals surface area contributed by atoms with E-state index in [0.29, 0.717) is 12.5 Å². The Bertz CT molecular complexity index is 178. The van der Waals surface area contributed by atoms with Crippen molar-refractivity contribution in [2.75, 3.05) is 6.61 Å². The Balaban J connectivity index is 3.46. The monoisotopic (exact) mass is 230 g/mol. The second kappa shape index (κ2) is 9.49. The van der Waals surface area contributed by atoms with E-state index in [2.05, 4.69) is 6.92 Å². The van der Waals surface area contributed by atoms with Crippen molar-refractivity contribution in [1.29, 1.82) is 0 Å². The predicted octanol–water partition coefficient (Wildman–Crippen LogP) is 4.15. The molecule has 3 nitrogen and oxygen atoms in total. The van der Waals surface area contributed by atoms with Crippen LogP contribution in [-0.4, -0.2) is 18.9 Å². The largest absolute Gasteiger partial charge is 0.508 e. The highest BCUT2D eigenvalue weighted by molar-refractivity contribution is 5.60. The van der Waals surface area contributed by atoms with Crippen LogP contribution in [0.4, 0.5) is 4.79 Å². The maximum atomic E-state index is 11.2. The molecule has 0 radical (unpaired) electrons. The number of hydrogen-bond donors (Lipinski definition) is 0. The zero-order chi connectivity index (χ0) is 12.4. The average Bonchev–Trinajstić information content (AvgIpc) is 2.21. The van der Waals surface area contributed by atoms with Crippen molar-refractivity contribution in [1.82, 2.24) is 0 Å². The maximum absolute atomic E-state index is 11.2. The van der Waals surface area contributed by atoms with Crippen molar-refractivity contribution in [2.24, 2.45) is 5.92 Å².